The van der Waals surface area contributed by atoms with Crippen molar-refractivity contribution in [3.05, 3.63) is 29.3 Å². The van der Waals surface area contributed by atoms with Gasteiger partial charge < -0.3 is 25.4 Å². The molecule has 1 fully saturated rings. The summed E-state index contributed by atoms with van der Waals surface area (Å²) in [5.41, 5.74) is 6.26. The lowest BCUT2D eigenvalue weighted by atomic mass is 10.0. The summed E-state index contributed by atoms with van der Waals surface area (Å²) < 4.78 is 5.39. The van der Waals surface area contributed by atoms with Gasteiger partial charge in [0.2, 0.25) is 0 Å². The number of carbonyl (C=O) groups excluding carboxylic acids is 2. The van der Waals surface area contributed by atoms with Crippen LogP contribution in [0.25, 0.3) is 0 Å². The van der Waals surface area contributed by atoms with Gasteiger partial charge in [0.25, 0.3) is 5.91 Å². The van der Waals surface area contributed by atoms with Crippen LogP contribution in [0.15, 0.2) is 18.2 Å². The number of hydrogen-bond acceptors (Lipinski definition) is 5. The topological polar surface area (TPSA) is 96.1 Å². The van der Waals surface area contributed by atoms with Crippen molar-refractivity contribution in [3.63, 3.8) is 0 Å². The second-order valence-electron chi connectivity index (χ2n) is 7.26. The number of amides is 2. The summed E-state index contributed by atoms with van der Waals surface area (Å²) in [5, 5.41) is 9.83. The van der Waals surface area contributed by atoms with E-state index in [0.717, 1.165) is 0 Å². The lowest BCUT2D eigenvalue weighted by Gasteiger charge is -2.41. The van der Waals surface area contributed by atoms with Crippen molar-refractivity contribution in [1.82, 2.24) is 9.80 Å². The second kappa shape index (κ2) is 7.31. The molecular formula is C18H27N3O4. The standard InChI is InChI=1S/C18H27N3O4/c1-12-14(6-5-7-15(12)22)16(23)21-9-8-20(11-13(21)10-19)17(24)25-18(2,3)4/h5-7,13,22H,8-11,19H2,1-4H3. The fraction of sp³-hybridized carbons (Fsp3) is 0.556. The van der Waals surface area contributed by atoms with E-state index in [1.165, 1.54) is 0 Å². The Balaban J connectivity index is 2.13. The number of carbonyl (C=O) groups is 2. The van der Waals surface area contributed by atoms with Gasteiger partial charge in [-0.2, -0.15) is 0 Å². The minimum atomic E-state index is -0.569. The lowest BCUT2D eigenvalue weighted by molar-refractivity contribution is 0.00525. The predicted octanol–water partition coefficient (Wildman–Crippen LogP) is 1.72. The SMILES string of the molecule is Cc1c(O)cccc1C(=O)N1CCN(C(=O)OC(C)(C)C)CC1CN. The summed E-state index contributed by atoms with van der Waals surface area (Å²) in [4.78, 5) is 28.4. The van der Waals surface area contributed by atoms with E-state index in [1.54, 1.807) is 34.9 Å². The Kier molecular flexibility index (Phi) is 5.57. The molecule has 1 atom stereocenters. The first-order valence-electron chi connectivity index (χ1n) is 8.41. The Labute approximate surface area is 148 Å². The van der Waals surface area contributed by atoms with Crippen molar-refractivity contribution < 1.29 is 19.4 Å². The molecule has 2 amide bonds. The number of ether oxygens (including phenoxy) is 1. The quantitative estimate of drug-likeness (QED) is 0.847. The highest BCUT2D eigenvalue weighted by Gasteiger charge is 2.34. The zero-order chi connectivity index (χ0) is 18.8. The number of aromatic hydroxyl groups is 1. The molecule has 1 saturated heterocycles. The third kappa shape index (κ3) is 4.42. The number of nitrogens with two attached hydrogens (primary N) is 1. The molecule has 0 spiro atoms. The highest BCUT2D eigenvalue weighted by atomic mass is 16.6. The van der Waals surface area contributed by atoms with Gasteiger partial charge in [-0.3, -0.25) is 4.79 Å². The summed E-state index contributed by atoms with van der Waals surface area (Å²) in [7, 11) is 0. The van der Waals surface area contributed by atoms with Gasteiger partial charge in [0.15, 0.2) is 0 Å². The largest absolute Gasteiger partial charge is 0.508 e. The van der Waals surface area contributed by atoms with Crippen molar-refractivity contribution in [3.8, 4) is 5.75 Å². The van der Waals surface area contributed by atoms with E-state index in [9.17, 15) is 14.7 Å². The molecule has 1 aromatic rings. The zero-order valence-electron chi connectivity index (χ0n) is 15.3. The van der Waals surface area contributed by atoms with Gasteiger partial charge in [-0.25, -0.2) is 4.79 Å². The van der Waals surface area contributed by atoms with Crippen LogP contribution in [-0.4, -0.2) is 64.7 Å². The van der Waals surface area contributed by atoms with Crippen molar-refractivity contribution >= 4 is 12.0 Å². The number of nitrogens with zero attached hydrogens (tertiary/aromatic N) is 2. The van der Waals surface area contributed by atoms with Crippen molar-refractivity contribution in [1.29, 1.82) is 0 Å². The molecule has 1 unspecified atom stereocenters. The Morgan fingerprint density at radius 1 is 1.32 bits per heavy atom. The van der Waals surface area contributed by atoms with Crippen LogP contribution in [0, 0.1) is 6.92 Å². The van der Waals surface area contributed by atoms with Crippen LogP contribution in [0.1, 0.15) is 36.7 Å². The fourth-order valence-corrected chi connectivity index (χ4v) is 2.83. The third-order valence-electron chi connectivity index (χ3n) is 4.20. The van der Waals surface area contributed by atoms with Crippen LogP contribution in [0.4, 0.5) is 4.79 Å². The minimum absolute atomic E-state index is 0.0857. The van der Waals surface area contributed by atoms with Gasteiger partial charge in [0.05, 0.1) is 6.04 Å². The Hall–Kier alpha value is -2.28. The van der Waals surface area contributed by atoms with Crippen LogP contribution < -0.4 is 5.73 Å². The fourth-order valence-electron chi connectivity index (χ4n) is 2.83. The summed E-state index contributed by atoms with van der Waals surface area (Å²) >= 11 is 0. The average Bonchev–Trinajstić information content (AvgIpc) is 2.54. The molecular weight excluding hydrogens is 322 g/mol. The van der Waals surface area contributed by atoms with Gasteiger partial charge in [-0.15, -0.1) is 0 Å². The van der Waals surface area contributed by atoms with Crippen molar-refractivity contribution in [2.75, 3.05) is 26.2 Å². The molecule has 0 saturated carbocycles. The maximum absolute atomic E-state index is 12.9. The monoisotopic (exact) mass is 349 g/mol. The summed E-state index contributed by atoms with van der Waals surface area (Å²) in [6, 6.07) is 4.58. The van der Waals surface area contributed by atoms with Crippen LogP contribution in [0.5, 0.6) is 5.75 Å². The molecule has 138 valence electrons. The lowest BCUT2D eigenvalue weighted by Crippen LogP contribution is -2.59. The Morgan fingerprint density at radius 2 is 2.00 bits per heavy atom. The molecule has 7 heteroatoms. The molecule has 3 N–H and O–H groups in total. The van der Waals surface area contributed by atoms with Gasteiger partial charge >= 0.3 is 6.09 Å². The van der Waals surface area contributed by atoms with E-state index in [-0.39, 0.29) is 24.2 Å². The minimum Gasteiger partial charge on any atom is -0.508 e. The summed E-state index contributed by atoms with van der Waals surface area (Å²) in [6.45, 7) is 8.47. The highest BCUT2D eigenvalue weighted by molar-refractivity contribution is 5.96. The highest BCUT2D eigenvalue weighted by Crippen LogP contribution is 2.23. The van der Waals surface area contributed by atoms with Crippen LogP contribution in [0.2, 0.25) is 0 Å². The van der Waals surface area contributed by atoms with Crippen LogP contribution in [0.3, 0.4) is 0 Å². The van der Waals surface area contributed by atoms with Crippen molar-refractivity contribution in [2.45, 2.75) is 39.3 Å². The van der Waals surface area contributed by atoms with E-state index in [0.29, 0.717) is 30.8 Å². The van der Waals surface area contributed by atoms with Gasteiger partial charge in [-0.1, -0.05) is 6.07 Å². The maximum Gasteiger partial charge on any atom is 0.410 e. The van der Waals surface area contributed by atoms with E-state index >= 15 is 0 Å². The first-order chi connectivity index (χ1) is 11.6. The summed E-state index contributed by atoms with van der Waals surface area (Å²) in [6.07, 6.45) is -0.397. The van der Waals surface area contributed by atoms with Crippen LogP contribution in [-0.2, 0) is 4.74 Å². The smallest absolute Gasteiger partial charge is 0.410 e. The third-order valence-corrected chi connectivity index (χ3v) is 4.20. The molecule has 1 heterocycles. The van der Waals surface area contributed by atoms with Gasteiger partial charge in [0, 0.05) is 37.3 Å². The predicted molar refractivity (Wildman–Crippen MR) is 94.5 cm³/mol. The molecule has 2 rings (SSSR count). The van der Waals surface area contributed by atoms with Crippen LogP contribution >= 0.6 is 0 Å². The molecule has 1 aliphatic rings. The molecule has 1 aliphatic heterocycles. The second-order valence-corrected chi connectivity index (χ2v) is 7.26. The summed E-state index contributed by atoms with van der Waals surface area (Å²) in [5.74, 6) is -0.102. The van der Waals surface area contributed by atoms with E-state index in [2.05, 4.69) is 0 Å². The number of hydrogen-bond donors (Lipinski definition) is 2. The molecule has 0 aromatic heterocycles. The number of benzene rings is 1. The Morgan fingerprint density at radius 3 is 2.60 bits per heavy atom. The molecule has 1 aromatic carbocycles. The first kappa shape index (κ1) is 19.1. The van der Waals surface area contributed by atoms with Crippen molar-refractivity contribution in [2.24, 2.45) is 5.73 Å². The van der Waals surface area contributed by atoms with E-state index in [1.807, 2.05) is 20.8 Å². The first-order valence-corrected chi connectivity index (χ1v) is 8.41. The number of phenolic OH excluding ortho intramolecular Hbond substituents is 1. The van der Waals surface area contributed by atoms with Gasteiger partial charge in [0.1, 0.15) is 11.4 Å². The van der Waals surface area contributed by atoms with Gasteiger partial charge in [-0.05, 0) is 39.8 Å². The molecule has 0 bridgehead atoms. The number of phenols is 1. The molecule has 25 heavy (non-hydrogen) atoms. The zero-order valence-corrected chi connectivity index (χ0v) is 15.3. The molecule has 0 radical (unpaired) electrons. The average molecular weight is 349 g/mol. The molecule has 0 aliphatic carbocycles. The number of rotatable bonds is 2. The van der Waals surface area contributed by atoms with E-state index in [4.69, 9.17) is 10.5 Å². The van der Waals surface area contributed by atoms with E-state index < -0.39 is 11.7 Å². The Bertz CT molecular complexity index is 654. The normalized spacial score (nSPS) is 18.2. The molecule has 7 nitrogen and oxygen atoms in total. The maximum atomic E-state index is 12.9. The number of piperazine rings is 1.